The van der Waals surface area contributed by atoms with Gasteiger partial charge in [0.1, 0.15) is 0 Å². The fourth-order valence-corrected chi connectivity index (χ4v) is 2.00. The number of rotatable bonds is 8. The van der Waals surface area contributed by atoms with Crippen LogP contribution in [-0.4, -0.2) is 37.0 Å². The molecule has 0 bridgehead atoms. The Bertz CT molecular complexity index is 174. The van der Waals surface area contributed by atoms with Gasteiger partial charge < -0.3 is 10.6 Å². The molecule has 1 unspecified atom stereocenters. The topological polar surface area (TPSA) is 41.1 Å². The Hall–Kier alpha value is -0.220. The van der Waals surface area contributed by atoms with E-state index in [0.717, 1.165) is 13.0 Å². The quantitative estimate of drug-likeness (QED) is 0.623. The minimum Gasteiger partial charge on any atom is -0.358 e. The summed E-state index contributed by atoms with van der Waals surface area (Å²) in [6, 6.07) is -0.0540. The zero-order valence-electron chi connectivity index (χ0n) is 10.3. The van der Waals surface area contributed by atoms with Crippen molar-refractivity contribution >= 4 is 17.7 Å². The van der Waals surface area contributed by atoms with E-state index in [4.69, 9.17) is 0 Å². The minimum absolute atomic E-state index is 0.0540. The second-order valence-corrected chi connectivity index (χ2v) is 5.23. The van der Waals surface area contributed by atoms with E-state index in [9.17, 15) is 4.79 Å². The fourth-order valence-electron chi connectivity index (χ4n) is 1.36. The van der Waals surface area contributed by atoms with Gasteiger partial charge in [-0.2, -0.15) is 11.8 Å². The highest BCUT2D eigenvalue weighted by molar-refractivity contribution is 7.99. The minimum atomic E-state index is -0.0540. The van der Waals surface area contributed by atoms with Crippen LogP contribution in [0.25, 0.3) is 0 Å². The normalized spacial score (nSPS) is 12.9. The van der Waals surface area contributed by atoms with E-state index < -0.39 is 0 Å². The van der Waals surface area contributed by atoms with E-state index in [1.54, 1.807) is 7.05 Å². The zero-order chi connectivity index (χ0) is 11.7. The monoisotopic (exact) mass is 232 g/mol. The standard InChI is InChI=1S/C11H24N2OS/c1-5-15-8-6-7-13-10(9(2)3)11(14)12-4/h9-10,13H,5-8H2,1-4H3,(H,12,14). The van der Waals surface area contributed by atoms with Crippen LogP contribution in [0.15, 0.2) is 0 Å². The number of amides is 1. The van der Waals surface area contributed by atoms with Crippen molar-refractivity contribution in [2.24, 2.45) is 5.92 Å². The van der Waals surface area contributed by atoms with Gasteiger partial charge in [0.2, 0.25) is 5.91 Å². The molecule has 15 heavy (non-hydrogen) atoms. The largest absolute Gasteiger partial charge is 0.358 e. The Balaban J connectivity index is 3.72. The van der Waals surface area contributed by atoms with Crippen molar-refractivity contribution in [2.75, 3.05) is 25.1 Å². The van der Waals surface area contributed by atoms with Crippen LogP contribution in [0.1, 0.15) is 27.2 Å². The zero-order valence-corrected chi connectivity index (χ0v) is 11.1. The SMILES string of the molecule is CCSCCCNC(C(=O)NC)C(C)C. The summed E-state index contributed by atoms with van der Waals surface area (Å²) >= 11 is 1.94. The number of carbonyl (C=O) groups excluding carboxylic acids is 1. The van der Waals surface area contributed by atoms with Crippen LogP contribution in [0, 0.1) is 5.92 Å². The van der Waals surface area contributed by atoms with Gasteiger partial charge in [-0.05, 0) is 30.4 Å². The molecule has 2 N–H and O–H groups in total. The molecule has 0 saturated carbocycles. The molecule has 0 radical (unpaired) electrons. The second kappa shape index (κ2) is 9.04. The number of thioether (sulfide) groups is 1. The van der Waals surface area contributed by atoms with Gasteiger partial charge >= 0.3 is 0 Å². The van der Waals surface area contributed by atoms with Crippen LogP contribution in [-0.2, 0) is 4.79 Å². The molecule has 0 aliphatic carbocycles. The molecule has 1 atom stereocenters. The molecule has 4 heteroatoms. The first kappa shape index (κ1) is 14.8. The molecule has 0 saturated heterocycles. The van der Waals surface area contributed by atoms with Gasteiger partial charge in [0.15, 0.2) is 0 Å². The summed E-state index contributed by atoms with van der Waals surface area (Å²) < 4.78 is 0. The van der Waals surface area contributed by atoms with Gasteiger partial charge in [0.25, 0.3) is 0 Å². The third kappa shape index (κ3) is 6.79. The van der Waals surface area contributed by atoms with Crippen LogP contribution < -0.4 is 10.6 Å². The Kier molecular flexibility index (Phi) is 8.91. The summed E-state index contributed by atoms with van der Waals surface area (Å²) in [5, 5.41) is 6.00. The molecule has 0 rings (SSSR count). The lowest BCUT2D eigenvalue weighted by Gasteiger charge is -2.20. The Morgan fingerprint density at radius 1 is 1.40 bits per heavy atom. The van der Waals surface area contributed by atoms with Crippen molar-refractivity contribution in [1.82, 2.24) is 10.6 Å². The molecule has 0 aromatic heterocycles. The Labute approximate surface area is 97.8 Å². The van der Waals surface area contributed by atoms with Gasteiger partial charge in [-0.15, -0.1) is 0 Å². The molecule has 0 spiro atoms. The molecule has 0 aromatic carbocycles. The fraction of sp³-hybridized carbons (Fsp3) is 0.909. The molecular formula is C11H24N2OS. The lowest BCUT2D eigenvalue weighted by Crippen LogP contribution is -2.46. The van der Waals surface area contributed by atoms with E-state index in [-0.39, 0.29) is 11.9 Å². The van der Waals surface area contributed by atoms with Gasteiger partial charge in [0, 0.05) is 7.05 Å². The summed E-state index contributed by atoms with van der Waals surface area (Å²) in [4.78, 5) is 11.5. The number of carbonyl (C=O) groups is 1. The second-order valence-electron chi connectivity index (χ2n) is 3.84. The van der Waals surface area contributed by atoms with Crippen LogP contribution in [0.2, 0.25) is 0 Å². The highest BCUT2D eigenvalue weighted by Crippen LogP contribution is 2.03. The highest BCUT2D eigenvalue weighted by atomic mass is 32.2. The predicted molar refractivity (Wildman–Crippen MR) is 68.3 cm³/mol. The highest BCUT2D eigenvalue weighted by Gasteiger charge is 2.19. The van der Waals surface area contributed by atoms with Crippen LogP contribution in [0.5, 0.6) is 0 Å². The molecular weight excluding hydrogens is 208 g/mol. The van der Waals surface area contributed by atoms with E-state index in [1.165, 1.54) is 11.5 Å². The smallest absolute Gasteiger partial charge is 0.237 e. The molecule has 0 aliphatic heterocycles. The van der Waals surface area contributed by atoms with Crippen molar-refractivity contribution in [3.8, 4) is 0 Å². The lowest BCUT2D eigenvalue weighted by molar-refractivity contribution is -0.123. The summed E-state index contributed by atoms with van der Waals surface area (Å²) in [5.74, 6) is 2.77. The van der Waals surface area contributed by atoms with Crippen LogP contribution in [0.4, 0.5) is 0 Å². The van der Waals surface area contributed by atoms with Crippen LogP contribution >= 0.6 is 11.8 Å². The maximum atomic E-state index is 11.5. The van der Waals surface area contributed by atoms with Crippen molar-refractivity contribution in [1.29, 1.82) is 0 Å². The number of nitrogens with one attached hydrogen (secondary N) is 2. The van der Waals surface area contributed by atoms with E-state index in [1.807, 2.05) is 11.8 Å². The average molecular weight is 232 g/mol. The van der Waals surface area contributed by atoms with Gasteiger partial charge in [0.05, 0.1) is 6.04 Å². The molecule has 0 heterocycles. The van der Waals surface area contributed by atoms with Crippen molar-refractivity contribution in [3.63, 3.8) is 0 Å². The van der Waals surface area contributed by atoms with E-state index in [2.05, 4.69) is 31.4 Å². The van der Waals surface area contributed by atoms with Gasteiger partial charge in [-0.1, -0.05) is 20.8 Å². The molecule has 1 amide bonds. The molecule has 90 valence electrons. The lowest BCUT2D eigenvalue weighted by atomic mass is 10.0. The average Bonchev–Trinajstić information content (AvgIpc) is 2.22. The van der Waals surface area contributed by atoms with E-state index >= 15 is 0 Å². The Morgan fingerprint density at radius 3 is 2.53 bits per heavy atom. The van der Waals surface area contributed by atoms with Crippen molar-refractivity contribution < 1.29 is 4.79 Å². The summed E-state index contributed by atoms with van der Waals surface area (Å²) in [6.07, 6.45) is 1.12. The third-order valence-corrected chi connectivity index (χ3v) is 3.21. The number of hydrogen-bond acceptors (Lipinski definition) is 3. The molecule has 0 aliphatic rings. The van der Waals surface area contributed by atoms with Crippen LogP contribution in [0.3, 0.4) is 0 Å². The predicted octanol–water partition coefficient (Wildman–Crippen LogP) is 1.49. The number of likely N-dealkylation sites (N-methyl/N-ethyl adjacent to an activating group) is 1. The first-order chi connectivity index (χ1) is 7.13. The summed E-state index contributed by atoms with van der Waals surface area (Å²) in [6.45, 7) is 7.21. The first-order valence-electron chi connectivity index (χ1n) is 5.66. The van der Waals surface area contributed by atoms with Crippen molar-refractivity contribution in [2.45, 2.75) is 33.2 Å². The van der Waals surface area contributed by atoms with Gasteiger partial charge in [-0.3, -0.25) is 4.79 Å². The third-order valence-electron chi connectivity index (χ3n) is 2.23. The Morgan fingerprint density at radius 2 is 2.07 bits per heavy atom. The maximum Gasteiger partial charge on any atom is 0.237 e. The summed E-state index contributed by atoms with van der Waals surface area (Å²) in [7, 11) is 1.69. The van der Waals surface area contributed by atoms with E-state index in [0.29, 0.717) is 5.92 Å². The maximum absolute atomic E-state index is 11.5. The molecule has 0 fully saturated rings. The molecule has 0 aromatic rings. The number of hydrogen-bond donors (Lipinski definition) is 2. The van der Waals surface area contributed by atoms with Crippen molar-refractivity contribution in [3.05, 3.63) is 0 Å². The van der Waals surface area contributed by atoms with Gasteiger partial charge in [-0.25, -0.2) is 0 Å². The summed E-state index contributed by atoms with van der Waals surface area (Å²) in [5.41, 5.74) is 0. The molecule has 3 nitrogen and oxygen atoms in total. The first-order valence-corrected chi connectivity index (χ1v) is 6.81.